The number of benzene rings is 1. The first-order chi connectivity index (χ1) is 12.5. The monoisotopic (exact) mass is 408 g/mol. The molecule has 10 heteroatoms. The number of nitrogens with two attached hydrogens (primary N) is 1. The lowest BCUT2D eigenvalue weighted by molar-refractivity contribution is -0.115. The summed E-state index contributed by atoms with van der Waals surface area (Å²) in [6, 6.07) is 7.42. The SMILES string of the molecule is N#Cc1c(Nc2ccc(Cl)c(Cl)c2)nc(NC2CC2)nc1SCC(N)=O. The summed E-state index contributed by atoms with van der Waals surface area (Å²) in [4.78, 5) is 19.9. The number of nitrogens with zero attached hydrogens (tertiary/aromatic N) is 3. The maximum absolute atomic E-state index is 11.1. The van der Waals surface area contributed by atoms with Crippen LogP contribution in [-0.4, -0.2) is 27.7 Å². The van der Waals surface area contributed by atoms with Crippen LogP contribution in [0.4, 0.5) is 17.5 Å². The normalized spacial score (nSPS) is 13.1. The van der Waals surface area contributed by atoms with Gasteiger partial charge in [0.05, 0.1) is 15.8 Å². The van der Waals surface area contributed by atoms with Gasteiger partial charge in [0.15, 0.2) is 5.82 Å². The van der Waals surface area contributed by atoms with Crippen LogP contribution in [0.25, 0.3) is 0 Å². The second-order valence-corrected chi connectivity index (χ2v) is 7.39. The molecule has 3 rings (SSSR count). The lowest BCUT2D eigenvalue weighted by Gasteiger charge is -2.13. The summed E-state index contributed by atoms with van der Waals surface area (Å²) in [7, 11) is 0. The lowest BCUT2D eigenvalue weighted by atomic mass is 10.3. The van der Waals surface area contributed by atoms with Crippen LogP contribution in [0.2, 0.25) is 10.0 Å². The van der Waals surface area contributed by atoms with Gasteiger partial charge in [-0.25, -0.2) is 4.98 Å². The second kappa shape index (κ2) is 7.99. The Bertz CT molecular complexity index is 897. The molecule has 26 heavy (non-hydrogen) atoms. The number of carbonyl (C=O) groups excluding carboxylic acids is 1. The minimum absolute atomic E-state index is 0.0147. The molecule has 0 bridgehead atoms. The first-order valence-electron chi connectivity index (χ1n) is 7.68. The van der Waals surface area contributed by atoms with Gasteiger partial charge in [-0.15, -0.1) is 0 Å². The predicted molar refractivity (Wildman–Crippen MR) is 103 cm³/mol. The Kier molecular flexibility index (Phi) is 5.71. The van der Waals surface area contributed by atoms with Gasteiger partial charge in [0.25, 0.3) is 0 Å². The molecule has 0 aliphatic heterocycles. The van der Waals surface area contributed by atoms with Crippen molar-refractivity contribution in [2.75, 3.05) is 16.4 Å². The number of primary amides is 1. The highest BCUT2D eigenvalue weighted by molar-refractivity contribution is 8.00. The summed E-state index contributed by atoms with van der Waals surface area (Å²) in [6.45, 7) is 0. The summed E-state index contributed by atoms with van der Waals surface area (Å²) in [5.74, 6) is 0.228. The number of nitriles is 1. The summed E-state index contributed by atoms with van der Waals surface area (Å²) >= 11 is 13.1. The first-order valence-corrected chi connectivity index (χ1v) is 9.42. The molecule has 4 N–H and O–H groups in total. The largest absolute Gasteiger partial charge is 0.369 e. The van der Waals surface area contributed by atoms with E-state index in [1.807, 2.05) is 0 Å². The molecule has 134 valence electrons. The maximum Gasteiger partial charge on any atom is 0.227 e. The highest BCUT2D eigenvalue weighted by Crippen LogP contribution is 2.32. The van der Waals surface area contributed by atoms with Crippen LogP contribution in [0.5, 0.6) is 0 Å². The number of rotatable bonds is 7. The van der Waals surface area contributed by atoms with Gasteiger partial charge in [0, 0.05) is 11.7 Å². The number of thioether (sulfide) groups is 1. The highest BCUT2D eigenvalue weighted by atomic mass is 35.5. The van der Waals surface area contributed by atoms with Gasteiger partial charge >= 0.3 is 0 Å². The van der Waals surface area contributed by atoms with Crippen molar-refractivity contribution in [3.63, 3.8) is 0 Å². The number of amides is 1. The minimum atomic E-state index is -0.492. The molecule has 1 aromatic heterocycles. The molecule has 0 radical (unpaired) electrons. The fraction of sp³-hybridized carbons (Fsp3) is 0.250. The van der Waals surface area contributed by atoms with Gasteiger partial charge in [-0.05, 0) is 31.0 Å². The molecule has 7 nitrogen and oxygen atoms in total. The fourth-order valence-corrected chi connectivity index (χ4v) is 3.08. The predicted octanol–water partition coefficient (Wildman–Crippen LogP) is 3.55. The summed E-state index contributed by atoms with van der Waals surface area (Å²) in [5.41, 5.74) is 6.06. The van der Waals surface area contributed by atoms with Gasteiger partial charge in [0.2, 0.25) is 11.9 Å². The molecule has 1 fully saturated rings. The number of nitrogens with one attached hydrogen (secondary N) is 2. The highest BCUT2D eigenvalue weighted by Gasteiger charge is 2.24. The number of hydrogen-bond acceptors (Lipinski definition) is 7. The van der Waals surface area contributed by atoms with Crippen molar-refractivity contribution in [3.8, 4) is 6.07 Å². The Labute approximate surface area is 164 Å². The van der Waals surface area contributed by atoms with Crippen molar-refractivity contribution >= 4 is 58.3 Å². The fourth-order valence-electron chi connectivity index (χ4n) is 2.06. The standard InChI is InChI=1S/C16H14Cl2N6OS/c17-11-4-3-9(5-12(11)18)21-14-10(6-19)15(26-7-13(20)25)24-16(23-14)22-8-1-2-8/h3-5,8H,1-2,7H2,(H2,20,25)(H2,21,22,23,24). The van der Waals surface area contributed by atoms with Crippen LogP contribution in [0.1, 0.15) is 18.4 Å². The molecule has 1 heterocycles. The van der Waals surface area contributed by atoms with E-state index in [1.54, 1.807) is 18.2 Å². The van der Waals surface area contributed by atoms with E-state index >= 15 is 0 Å². The molecular formula is C16H14Cl2N6OS. The minimum Gasteiger partial charge on any atom is -0.369 e. The van der Waals surface area contributed by atoms with Crippen molar-refractivity contribution in [2.45, 2.75) is 23.9 Å². The molecule has 0 atom stereocenters. The summed E-state index contributed by atoms with van der Waals surface area (Å²) in [6.07, 6.45) is 2.09. The third kappa shape index (κ3) is 4.69. The summed E-state index contributed by atoms with van der Waals surface area (Å²) < 4.78 is 0. The average molecular weight is 409 g/mol. The molecule has 1 amide bonds. The molecular weight excluding hydrogens is 395 g/mol. The van der Waals surface area contributed by atoms with Gasteiger partial charge in [-0.1, -0.05) is 35.0 Å². The van der Waals surface area contributed by atoms with Crippen molar-refractivity contribution in [2.24, 2.45) is 5.73 Å². The number of aromatic nitrogens is 2. The van der Waals surface area contributed by atoms with Crippen LogP contribution < -0.4 is 16.4 Å². The number of anilines is 3. The van der Waals surface area contributed by atoms with Crippen LogP contribution in [0, 0.1) is 11.3 Å². The van der Waals surface area contributed by atoms with Crippen molar-refractivity contribution in [1.82, 2.24) is 9.97 Å². The Balaban J connectivity index is 1.96. The van der Waals surface area contributed by atoms with Gasteiger partial charge in [0.1, 0.15) is 16.7 Å². The van der Waals surface area contributed by atoms with E-state index in [2.05, 4.69) is 26.7 Å². The third-order valence-electron chi connectivity index (χ3n) is 3.43. The topological polar surface area (TPSA) is 117 Å². The summed E-state index contributed by atoms with van der Waals surface area (Å²) in [5, 5.41) is 17.0. The van der Waals surface area contributed by atoms with E-state index in [1.165, 1.54) is 0 Å². The first kappa shape index (κ1) is 18.6. The smallest absolute Gasteiger partial charge is 0.227 e. The second-order valence-electron chi connectivity index (χ2n) is 5.62. The van der Waals surface area contributed by atoms with E-state index in [-0.39, 0.29) is 11.3 Å². The van der Waals surface area contributed by atoms with E-state index in [4.69, 9.17) is 28.9 Å². The molecule has 1 aromatic carbocycles. The van der Waals surface area contributed by atoms with E-state index in [9.17, 15) is 10.1 Å². The lowest BCUT2D eigenvalue weighted by Crippen LogP contribution is -2.14. The zero-order valence-electron chi connectivity index (χ0n) is 13.4. The number of carbonyl (C=O) groups is 1. The quantitative estimate of drug-likeness (QED) is 0.473. The number of hydrogen-bond donors (Lipinski definition) is 3. The van der Waals surface area contributed by atoms with Gasteiger partial charge in [-0.2, -0.15) is 10.2 Å². The molecule has 1 saturated carbocycles. The molecule has 0 unspecified atom stereocenters. The molecule has 0 spiro atoms. The molecule has 1 aliphatic carbocycles. The average Bonchev–Trinajstić information content (AvgIpc) is 3.40. The van der Waals surface area contributed by atoms with Crippen LogP contribution in [-0.2, 0) is 4.79 Å². The van der Waals surface area contributed by atoms with Crippen LogP contribution in [0.15, 0.2) is 23.2 Å². The van der Waals surface area contributed by atoms with E-state index in [0.717, 1.165) is 24.6 Å². The Morgan fingerprint density at radius 3 is 2.73 bits per heavy atom. The third-order valence-corrected chi connectivity index (χ3v) is 5.17. The zero-order valence-corrected chi connectivity index (χ0v) is 15.8. The number of halogens is 2. The Morgan fingerprint density at radius 1 is 1.35 bits per heavy atom. The maximum atomic E-state index is 11.1. The molecule has 1 aliphatic rings. The van der Waals surface area contributed by atoms with Gasteiger partial charge in [-0.3, -0.25) is 4.79 Å². The Hall–Kier alpha value is -2.21. The van der Waals surface area contributed by atoms with Crippen LogP contribution >= 0.6 is 35.0 Å². The van der Waals surface area contributed by atoms with Gasteiger partial charge < -0.3 is 16.4 Å². The zero-order chi connectivity index (χ0) is 18.7. The van der Waals surface area contributed by atoms with Crippen LogP contribution in [0.3, 0.4) is 0 Å². The van der Waals surface area contributed by atoms with Crippen molar-refractivity contribution < 1.29 is 4.79 Å². The van der Waals surface area contributed by atoms with Crippen molar-refractivity contribution in [1.29, 1.82) is 5.26 Å². The Morgan fingerprint density at radius 2 is 2.12 bits per heavy atom. The van der Waals surface area contributed by atoms with Crippen molar-refractivity contribution in [3.05, 3.63) is 33.8 Å². The molecule has 2 aromatic rings. The molecule has 0 saturated heterocycles. The van der Waals surface area contributed by atoms with E-state index in [0.29, 0.717) is 38.6 Å². The van der Waals surface area contributed by atoms with E-state index < -0.39 is 5.91 Å².